The number of benzene rings is 2. The Morgan fingerprint density at radius 1 is 1.10 bits per heavy atom. The number of nitrogen functional groups attached to an aromatic ring is 1. The lowest BCUT2D eigenvalue weighted by Gasteiger charge is -2.06. The number of nitrogens with two attached hydrogens (primary N) is 1. The summed E-state index contributed by atoms with van der Waals surface area (Å²) in [6, 6.07) is 15.4. The lowest BCUT2D eigenvalue weighted by molar-refractivity contribution is 0.756. The van der Waals surface area contributed by atoms with Gasteiger partial charge in [-0.05, 0) is 52.5 Å². The maximum Gasteiger partial charge on any atom is 0.218 e. The van der Waals surface area contributed by atoms with Gasteiger partial charge >= 0.3 is 0 Å². The van der Waals surface area contributed by atoms with Gasteiger partial charge < -0.3 is 5.73 Å². The molecule has 1 aromatic heterocycles. The second kappa shape index (κ2) is 5.64. The first kappa shape index (κ1) is 13.1. The van der Waals surface area contributed by atoms with Gasteiger partial charge in [0.1, 0.15) is 0 Å². The monoisotopic (exact) mass is 347 g/mol. The number of tetrazole rings is 1. The van der Waals surface area contributed by atoms with E-state index in [2.05, 4.69) is 31.5 Å². The number of nitrogens with zero attached hydrogens (tertiary/aromatic N) is 4. The lowest BCUT2D eigenvalue weighted by Crippen LogP contribution is -1.98. The Labute approximate surface area is 128 Å². The smallest absolute Gasteiger partial charge is 0.218 e. The summed E-state index contributed by atoms with van der Waals surface area (Å²) < 4.78 is 2.65. The molecule has 0 amide bonds. The molecule has 2 aromatic carbocycles. The van der Waals surface area contributed by atoms with E-state index in [1.807, 2.05) is 48.5 Å². The van der Waals surface area contributed by atoms with E-state index in [4.69, 9.17) is 5.73 Å². The molecule has 0 fully saturated rings. The summed E-state index contributed by atoms with van der Waals surface area (Å²) in [5, 5.41) is 12.5. The van der Waals surface area contributed by atoms with Crippen LogP contribution < -0.4 is 5.73 Å². The highest BCUT2D eigenvalue weighted by molar-refractivity contribution is 9.10. The van der Waals surface area contributed by atoms with Crippen molar-refractivity contribution in [3.8, 4) is 5.69 Å². The Balaban J connectivity index is 1.97. The van der Waals surface area contributed by atoms with Gasteiger partial charge in [-0.25, -0.2) is 0 Å². The van der Waals surface area contributed by atoms with E-state index in [-0.39, 0.29) is 0 Å². The van der Waals surface area contributed by atoms with Gasteiger partial charge in [0.25, 0.3) is 0 Å². The second-order valence-corrected chi connectivity index (χ2v) is 5.92. The van der Waals surface area contributed by atoms with Crippen LogP contribution in [0.4, 0.5) is 5.69 Å². The summed E-state index contributed by atoms with van der Waals surface area (Å²) in [5.41, 5.74) is 7.58. The van der Waals surface area contributed by atoms with Crippen LogP contribution in [0.5, 0.6) is 0 Å². The Morgan fingerprint density at radius 2 is 1.90 bits per heavy atom. The minimum atomic E-state index is 0.668. The highest BCUT2D eigenvalue weighted by Crippen LogP contribution is 2.33. The molecule has 0 atom stereocenters. The van der Waals surface area contributed by atoms with Crippen LogP contribution in [-0.2, 0) is 0 Å². The molecular formula is C13H10BrN5S. The molecule has 0 aliphatic rings. The molecule has 0 bridgehead atoms. The highest BCUT2D eigenvalue weighted by Gasteiger charge is 2.11. The number of halogens is 1. The zero-order valence-electron chi connectivity index (χ0n) is 10.3. The van der Waals surface area contributed by atoms with E-state index in [0.717, 1.165) is 15.1 Å². The van der Waals surface area contributed by atoms with Gasteiger partial charge in [-0.1, -0.05) is 34.1 Å². The quantitative estimate of drug-likeness (QED) is 0.737. The van der Waals surface area contributed by atoms with Crippen molar-refractivity contribution in [2.75, 3.05) is 5.73 Å². The zero-order chi connectivity index (χ0) is 13.9. The fourth-order valence-corrected chi connectivity index (χ4v) is 3.06. The van der Waals surface area contributed by atoms with Gasteiger partial charge in [0.05, 0.1) is 5.69 Å². The van der Waals surface area contributed by atoms with Crippen LogP contribution in [0.3, 0.4) is 0 Å². The Kier molecular flexibility index (Phi) is 3.70. The summed E-state index contributed by atoms with van der Waals surface area (Å²) in [6.07, 6.45) is 0. The van der Waals surface area contributed by atoms with Crippen LogP contribution in [0.1, 0.15) is 0 Å². The van der Waals surface area contributed by atoms with E-state index >= 15 is 0 Å². The van der Waals surface area contributed by atoms with E-state index in [1.165, 1.54) is 11.8 Å². The molecule has 0 saturated carbocycles. The van der Waals surface area contributed by atoms with Crippen LogP contribution in [0.2, 0.25) is 0 Å². The SMILES string of the molecule is Nc1ccc(Br)cc1Sc1nnnn1-c1ccccc1. The molecule has 3 aromatic rings. The maximum atomic E-state index is 5.98. The molecule has 3 rings (SSSR count). The number of rotatable bonds is 3. The molecule has 7 heteroatoms. The molecule has 20 heavy (non-hydrogen) atoms. The predicted molar refractivity (Wildman–Crippen MR) is 81.8 cm³/mol. The third kappa shape index (κ3) is 2.68. The van der Waals surface area contributed by atoms with Crippen LogP contribution in [-0.4, -0.2) is 20.2 Å². The van der Waals surface area contributed by atoms with Gasteiger partial charge in [-0.3, -0.25) is 0 Å². The van der Waals surface area contributed by atoms with Crippen LogP contribution in [0.15, 0.2) is 63.1 Å². The number of aromatic nitrogens is 4. The van der Waals surface area contributed by atoms with Crippen molar-refractivity contribution in [2.45, 2.75) is 10.1 Å². The number of anilines is 1. The summed E-state index contributed by atoms with van der Waals surface area (Å²) in [6.45, 7) is 0. The first-order valence-electron chi connectivity index (χ1n) is 5.81. The van der Waals surface area contributed by atoms with Crippen molar-refractivity contribution in [2.24, 2.45) is 0 Å². The topological polar surface area (TPSA) is 69.6 Å². The summed E-state index contributed by atoms with van der Waals surface area (Å²) >= 11 is 4.86. The van der Waals surface area contributed by atoms with Crippen LogP contribution in [0, 0.1) is 0 Å². The van der Waals surface area contributed by atoms with Gasteiger partial charge in [-0.2, -0.15) is 4.68 Å². The molecule has 5 nitrogen and oxygen atoms in total. The standard InChI is InChI=1S/C13H10BrN5S/c14-9-6-7-11(15)12(8-9)20-13-16-17-18-19(13)10-4-2-1-3-5-10/h1-8H,15H2. The summed E-state index contributed by atoms with van der Waals surface area (Å²) in [7, 11) is 0. The van der Waals surface area contributed by atoms with E-state index in [0.29, 0.717) is 10.8 Å². The number of para-hydroxylation sites is 1. The van der Waals surface area contributed by atoms with Crippen molar-refractivity contribution in [1.29, 1.82) is 0 Å². The Bertz CT molecular complexity index is 729. The van der Waals surface area contributed by atoms with Crippen LogP contribution >= 0.6 is 27.7 Å². The first-order valence-corrected chi connectivity index (χ1v) is 7.41. The minimum Gasteiger partial charge on any atom is -0.398 e. The van der Waals surface area contributed by atoms with Crippen molar-refractivity contribution >= 4 is 33.4 Å². The third-order valence-electron chi connectivity index (χ3n) is 2.62. The summed E-state index contributed by atoms with van der Waals surface area (Å²) in [5.74, 6) is 0. The van der Waals surface area contributed by atoms with Crippen molar-refractivity contribution < 1.29 is 0 Å². The van der Waals surface area contributed by atoms with Crippen molar-refractivity contribution in [3.05, 3.63) is 53.0 Å². The third-order valence-corrected chi connectivity index (χ3v) is 4.12. The molecular weight excluding hydrogens is 338 g/mol. The molecule has 2 N–H and O–H groups in total. The average Bonchev–Trinajstić information content (AvgIpc) is 2.92. The van der Waals surface area contributed by atoms with Gasteiger partial charge in [0, 0.05) is 15.1 Å². The predicted octanol–water partition coefficient (Wildman–Crippen LogP) is 3.16. The normalized spacial score (nSPS) is 10.7. The Morgan fingerprint density at radius 3 is 2.70 bits per heavy atom. The van der Waals surface area contributed by atoms with Gasteiger partial charge in [-0.15, -0.1) is 5.10 Å². The first-order chi connectivity index (χ1) is 9.74. The highest BCUT2D eigenvalue weighted by atomic mass is 79.9. The van der Waals surface area contributed by atoms with Crippen molar-refractivity contribution in [1.82, 2.24) is 20.2 Å². The van der Waals surface area contributed by atoms with E-state index < -0.39 is 0 Å². The van der Waals surface area contributed by atoms with E-state index in [1.54, 1.807) is 4.68 Å². The zero-order valence-corrected chi connectivity index (χ0v) is 12.7. The second-order valence-electron chi connectivity index (χ2n) is 3.99. The Hall–Kier alpha value is -1.86. The molecule has 0 radical (unpaired) electrons. The molecule has 0 aliphatic heterocycles. The van der Waals surface area contributed by atoms with E-state index in [9.17, 15) is 0 Å². The average molecular weight is 348 g/mol. The molecule has 0 spiro atoms. The molecule has 1 heterocycles. The molecule has 0 unspecified atom stereocenters. The molecule has 100 valence electrons. The molecule has 0 saturated heterocycles. The summed E-state index contributed by atoms with van der Waals surface area (Å²) in [4.78, 5) is 0.909. The fourth-order valence-electron chi connectivity index (χ4n) is 1.67. The van der Waals surface area contributed by atoms with Gasteiger partial charge in [0.2, 0.25) is 5.16 Å². The lowest BCUT2D eigenvalue weighted by atomic mass is 10.3. The largest absolute Gasteiger partial charge is 0.398 e. The molecule has 0 aliphatic carbocycles. The number of hydrogen-bond donors (Lipinski definition) is 1. The fraction of sp³-hybridized carbons (Fsp3) is 0. The van der Waals surface area contributed by atoms with Crippen molar-refractivity contribution in [3.63, 3.8) is 0 Å². The minimum absolute atomic E-state index is 0.668. The van der Waals surface area contributed by atoms with Crippen LogP contribution in [0.25, 0.3) is 5.69 Å². The van der Waals surface area contributed by atoms with Gasteiger partial charge in [0.15, 0.2) is 0 Å². The maximum absolute atomic E-state index is 5.98. The number of hydrogen-bond acceptors (Lipinski definition) is 5.